The molecule has 0 amide bonds. The molecule has 2 fully saturated rings. The van der Waals surface area contributed by atoms with Gasteiger partial charge >= 0.3 is 0 Å². The second-order valence-electron chi connectivity index (χ2n) is 5.81. The van der Waals surface area contributed by atoms with Crippen LogP contribution in [-0.4, -0.2) is 42.2 Å². The Balaban J connectivity index is 1.55. The summed E-state index contributed by atoms with van der Waals surface area (Å²) in [5.74, 6) is 1.84. The lowest BCUT2D eigenvalue weighted by Gasteiger charge is -2.35. The third kappa shape index (κ3) is 2.48. The lowest BCUT2D eigenvalue weighted by atomic mass is 10.1. The molecule has 4 nitrogen and oxygen atoms in total. The zero-order chi connectivity index (χ0) is 12.4. The monoisotopic (exact) mass is 247 g/mol. The van der Waals surface area contributed by atoms with E-state index < -0.39 is 0 Å². The van der Waals surface area contributed by atoms with Gasteiger partial charge in [0.05, 0.1) is 32.2 Å². The molecule has 1 aromatic heterocycles. The van der Waals surface area contributed by atoms with Gasteiger partial charge in [-0.1, -0.05) is 6.92 Å². The molecule has 98 valence electrons. The smallest absolute Gasteiger partial charge is 0.225 e. The quantitative estimate of drug-likeness (QED) is 0.820. The van der Waals surface area contributed by atoms with Crippen LogP contribution in [0.2, 0.25) is 0 Å². The molecule has 3 rings (SSSR count). The van der Waals surface area contributed by atoms with Crippen LogP contribution < -0.4 is 9.80 Å². The zero-order valence-corrected chi connectivity index (χ0v) is 11.2. The second kappa shape index (κ2) is 5.22. The van der Waals surface area contributed by atoms with E-state index in [1.165, 1.54) is 32.4 Å². The fourth-order valence-corrected chi connectivity index (χ4v) is 3.43. The van der Waals surface area contributed by atoms with E-state index in [4.69, 9.17) is 0 Å². The predicted molar refractivity (Wildman–Crippen MR) is 71.7 cm³/mol. The van der Waals surface area contributed by atoms with Gasteiger partial charge in [0.2, 0.25) is 5.95 Å². The summed E-state index contributed by atoms with van der Waals surface area (Å²) in [4.78, 5) is 12.8. The van der Waals surface area contributed by atoms with Crippen LogP contribution in [0.3, 0.4) is 0 Å². The molecule has 1 aromatic rings. The first-order valence-corrected chi connectivity index (χ1v) is 7.19. The number of nitrogens with zero attached hydrogens (tertiary/aromatic N) is 3. The van der Waals surface area contributed by atoms with E-state index in [-0.39, 0.29) is 0 Å². The maximum Gasteiger partial charge on any atom is 0.225 e. The minimum absolute atomic E-state index is 0.899. The van der Waals surface area contributed by atoms with Gasteiger partial charge in [-0.15, -0.1) is 0 Å². The molecule has 0 bridgehead atoms. The molecule has 0 spiro atoms. The first-order chi connectivity index (χ1) is 8.83. The van der Waals surface area contributed by atoms with E-state index in [1.54, 1.807) is 0 Å². The SMILES string of the molecule is C[C@@H]1CC[C@H]([NH+]2CCN(c3ncccn3)CC2)C1. The largest absolute Gasteiger partial charge is 0.330 e. The van der Waals surface area contributed by atoms with Gasteiger partial charge in [-0.25, -0.2) is 9.97 Å². The Labute approximate surface area is 109 Å². The summed E-state index contributed by atoms with van der Waals surface area (Å²) in [5, 5.41) is 0. The van der Waals surface area contributed by atoms with Crippen LogP contribution in [-0.2, 0) is 0 Å². The Morgan fingerprint density at radius 1 is 1.17 bits per heavy atom. The summed E-state index contributed by atoms with van der Waals surface area (Å²) in [6, 6.07) is 2.80. The summed E-state index contributed by atoms with van der Waals surface area (Å²) in [7, 11) is 0. The second-order valence-corrected chi connectivity index (χ2v) is 5.81. The van der Waals surface area contributed by atoms with Crippen molar-refractivity contribution in [1.29, 1.82) is 0 Å². The highest BCUT2D eigenvalue weighted by Gasteiger charge is 2.32. The molecule has 4 heteroatoms. The first-order valence-electron chi connectivity index (χ1n) is 7.19. The van der Waals surface area contributed by atoms with Crippen LogP contribution in [0.15, 0.2) is 18.5 Å². The molecular weight excluding hydrogens is 224 g/mol. The number of rotatable bonds is 2. The summed E-state index contributed by atoms with van der Waals surface area (Å²) in [5.41, 5.74) is 0. The first kappa shape index (κ1) is 11.9. The Morgan fingerprint density at radius 3 is 2.50 bits per heavy atom. The summed E-state index contributed by atoms with van der Waals surface area (Å²) < 4.78 is 0. The molecule has 1 saturated carbocycles. The molecule has 1 aliphatic heterocycles. The van der Waals surface area contributed by atoms with Crippen LogP contribution in [0.25, 0.3) is 0 Å². The van der Waals surface area contributed by atoms with Crippen LogP contribution >= 0.6 is 0 Å². The highest BCUT2D eigenvalue weighted by molar-refractivity contribution is 5.28. The van der Waals surface area contributed by atoms with Gasteiger partial charge in [0.1, 0.15) is 0 Å². The van der Waals surface area contributed by atoms with Crippen molar-refractivity contribution in [2.24, 2.45) is 5.92 Å². The van der Waals surface area contributed by atoms with E-state index in [1.807, 2.05) is 23.4 Å². The Bertz CT molecular complexity index is 373. The highest BCUT2D eigenvalue weighted by atomic mass is 15.3. The normalized spacial score (nSPS) is 29.7. The number of hydrogen-bond donors (Lipinski definition) is 1. The number of anilines is 1. The number of piperazine rings is 1. The van der Waals surface area contributed by atoms with Gasteiger partial charge in [0.25, 0.3) is 0 Å². The van der Waals surface area contributed by atoms with Crippen LogP contribution in [0, 0.1) is 5.92 Å². The zero-order valence-electron chi connectivity index (χ0n) is 11.2. The number of aromatic nitrogens is 2. The summed E-state index contributed by atoms with van der Waals surface area (Å²) in [6.45, 7) is 7.09. The van der Waals surface area contributed by atoms with Crippen molar-refractivity contribution in [1.82, 2.24) is 9.97 Å². The molecule has 1 saturated heterocycles. The minimum atomic E-state index is 0.899. The van der Waals surface area contributed by atoms with Crippen molar-refractivity contribution in [2.45, 2.75) is 32.2 Å². The van der Waals surface area contributed by atoms with Gasteiger partial charge in [0.15, 0.2) is 0 Å². The Hall–Kier alpha value is -1.16. The third-order valence-corrected chi connectivity index (χ3v) is 4.51. The molecule has 18 heavy (non-hydrogen) atoms. The maximum absolute atomic E-state index is 4.34. The van der Waals surface area contributed by atoms with Crippen molar-refractivity contribution in [3.05, 3.63) is 18.5 Å². The van der Waals surface area contributed by atoms with Crippen LogP contribution in [0.1, 0.15) is 26.2 Å². The van der Waals surface area contributed by atoms with Crippen molar-refractivity contribution >= 4 is 5.95 Å². The maximum atomic E-state index is 4.34. The molecule has 1 N–H and O–H groups in total. The average Bonchev–Trinajstić information content (AvgIpc) is 2.87. The van der Waals surface area contributed by atoms with Crippen LogP contribution in [0.4, 0.5) is 5.95 Å². The fourth-order valence-electron chi connectivity index (χ4n) is 3.43. The van der Waals surface area contributed by atoms with Crippen molar-refractivity contribution in [2.75, 3.05) is 31.1 Å². The molecular formula is C14H23N4+. The topological polar surface area (TPSA) is 33.5 Å². The Morgan fingerprint density at radius 2 is 1.89 bits per heavy atom. The van der Waals surface area contributed by atoms with Crippen molar-refractivity contribution in [3.8, 4) is 0 Å². The van der Waals surface area contributed by atoms with Crippen molar-refractivity contribution in [3.63, 3.8) is 0 Å². The minimum Gasteiger partial charge on any atom is -0.330 e. The van der Waals surface area contributed by atoms with E-state index in [2.05, 4.69) is 21.8 Å². The molecule has 2 aliphatic rings. The fraction of sp³-hybridized carbons (Fsp3) is 0.714. The van der Waals surface area contributed by atoms with E-state index in [0.717, 1.165) is 31.0 Å². The average molecular weight is 247 g/mol. The molecule has 1 aliphatic carbocycles. The van der Waals surface area contributed by atoms with Gasteiger partial charge < -0.3 is 9.80 Å². The molecule has 0 aromatic carbocycles. The molecule has 2 atom stereocenters. The van der Waals surface area contributed by atoms with Gasteiger partial charge in [0, 0.05) is 18.8 Å². The number of hydrogen-bond acceptors (Lipinski definition) is 3. The number of nitrogens with one attached hydrogen (secondary N) is 1. The number of quaternary nitrogens is 1. The summed E-state index contributed by atoms with van der Waals surface area (Å²) in [6.07, 6.45) is 7.95. The molecule has 0 radical (unpaired) electrons. The van der Waals surface area contributed by atoms with Crippen LogP contribution in [0.5, 0.6) is 0 Å². The lowest BCUT2D eigenvalue weighted by Crippen LogP contribution is -3.18. The summed E-state index contributed by atoms with van der Waals surface area (Å²) >= 11 is 0. The van der Waals surface area contributed by atoms with E-state index in [0.29, 0.717) is 0 Å². The molecule has 0 unspecified atom stereocenters. The van der Waals surface area contributed by atoms with Gasteiger partial charge in [-0.05, 0) is 24.8 Å². The lowest BCUT2D eigenvalue weighted by molar-refractivity contribution is -0.925. The van der Waals surface area contributed by atoms with Crippen molar-refractivity contribution < 1.29 is 4.90 Å². The standard InChI is InChI=1S/C14H22N4/c1-12-3-4-13(11-12)17-7-9-18(10-8-17)14-15-5-2-6-16-14/h2,5-6,12-13H,3-4,7-11H2,1H3/p+1/t12-,13+/m1/s1. The van der Waals surface area contributed by atoms with Gasteiger partial charge in [-0.2, -0.15) is 0 Å². The highest BCUT2D eigenvalue weighted by Crippen LogP contribution is 2.23. The Kier molecular flexibility index (Phi) is 3.46. The molecule has 2 heterocycles. The third-order valence-electron chi connectivity index (χ3n) is 4.51. The van der Waals surface area contributed by atoms with E-state index in [9.17, 15) is 0 Å². The van der Waals surface area contributed by atoms with Gasteiger partial charge in [-0.3, -0.25) is 0 Å². The predicted octanol–water partition coefficient (Wildman–Crippen LogP) is 0.370. The van der Waals surface area contributed by atoms with E-state index >= 15 is 0 Å².